The zero-order chi connectivity index (χ0) is 19.8. The molecular weight excluding hydrogens is 356 g/mol. The van der Waals surface area contributed by atoms with Crippen LogP contribution in [0, 0.1) is 40.9 Å². The number of aliphatic carboxylic acids is 1. The van der Waals surface area contributed by atoms with E-state index in [0.717, 1.165) is 51.4 Å². The minimum Gasteiger partial charge on any atom is -0.481 e. The first kappa shape index (κ1) is 19.3. The molecule has 0 radical (unpaired) electrons. The molecule has 5 heteroatoms. The van der Waals surface area contributed by atoms with Crippen LogP contribution < -0.4 is 0 Å². The lowest BCUT2D eigenvalue weighted by atomic mass is 9.46. The summed E-state index contributed by atoms with van der Waals surface area (Å²) in [6.07, 6.45) is 7.66. The molecular formula is C23H36O5. The van der Waals surface area contributed by atoms with E-state index in [2.05, 4.69) is 13.8 Å². The maximum absolute atomic E-state index is 11.2. The van der Waals surface area contributed by atoms with Crippen molar-refractivity contribution >= 4 is 5.97 Å². The van der Waals surface area contributed by atoms with Gasteiger partial charge in [0, 0.05) is 6.42 Å². The maximum atomic E-state index is 11.2. The normalized spacial score (nSPS) is 55.4. The number of hydrogen-bond acceptors (Lipinski definition) is 4. The fourth-order valence-electron chi connectivity index (χ4n) is 8.57. The van der Waals surface area contributed by atoms with E-state index in [9.17, 15) is 15.0 Å². The first-order valence-electron chi connectivity index (χ1n) is 11.5. The van der Waals surface area contributed by atoms with Crippen molar-refractivity contribution in [3.05, 3.63) is 0 Å². The van der Waals surface area contributed by atoms with E-state index in [1.54, 1.807) is 0 Å². The van der Waals surface area contributed by atoms with Crippen LogP contribution >= 0.6 is 0 Å². The average Bonchev–Trinajstić information content (AvgIpc) is 3.24. The van der Waals surface area contributed by atoms with Crippen LogP contribution in [0.5, 0.6) is 0 Å². The predicted molar refractivity (Wildman–Crippen MR) is 104 cm³/mol. The molecule has 0 unspecified atom stereocenters. The number of ether oxygens (including phenoxy) is 1. The van der Waals surface area contributed by atoms with Crippen molar-refractivity contribution in [2.75, 3.05) is 0 Å². The van der Waals surface area contributed by atoms with Crippen molar-refractivity contribution in [1.29, 1.82) is 0 Å². The highest BCUT2D eigenvalue weighted by Gasteiger charge is 2.76. The van der Waals surface area contributed by atoms with Crippen LogP contribution in [0.4, 0.5) is 0 Å². The molecule has 5 nitrogen and oxygen atoms in total. The van der Waals surface area contributed by atoms with Gasteiger partial charge in [0.15, 0.2) is 0 Å². The minimum absolute atomic E-state index is 0.0859. The summed E-state index contributed by atoms with van der Waals surface area (Å²) >= 11 is 0. The number of fused-ring (bicyclic) bond motifs is 4. The van der Waals surface area contributed by atoms with Crippen LogP contribution in [0.2, 0.25) is 0 Å². The van der Waals surface area contributed by atoms with E-state index >= 15 is 0 Å². The summed E-state index contributed by atoms with van der Waals surface area (Å²) in [5, 5.41) is 30.5. The van der Waals surface area contributed by atoms with Gasteiger partial charge < -0.3 is 20.1 Å². The van der Waals surface area contributed by atoms with Gasteiger partial charge in [-0.3, -0.25) is 4.79 Å². The second kappa shape index (κ2) is 6.42. The van der Waals surface area contributed by atoms with Gasteiger partial charge in [-0.05, 0) is 92.3 Å². The van der Waals surface area contributed by atoms with E-state index < -0.39 is 5.97 Å². The Balaban J connectivity index is 1.39. The van der Waals surface area contributed by atoms with E-state index in [0.29, 0.717) is 41.6 Å². The Bertz CT molecular complexity index is 651. The van der Waals surface area contributed by atoms with Gasteiger partial charge in [-0.25, -0.2) is 0 Å². The van der Waals surface area contributed by atoms with Crippen LogP contribution in [-0.4, -0.2) is 45.2 Å². The van der Waals surface area contributed by atoms with Crippen LogP contribution in [0.3, 0.4) is 0 Å². The number of aliphatic hydroxyl groups is 2. The molecule has 5 fully saturated rings. The summed E-state index contributed by atoms with van der Waals surface area (Å²) in [5.74, 6) is 1.74. The third-order valence-electron chi connectivity index (χ3n) is 9.96. The van der Waals surface area contributed by atoms with Gasteiger partial charge in [0.25, 0.3) is 0 Å². The molecule has 0 aromatic carbocycles. The fourth-order valence-corrected chi connectivity index (χ4v) is 8.57. The minimum atomic E-state index is -0.711. The number of carboxylic acid groups (broad SMARTS) is 1. The fraction of sp³-hybridized carbons (Fsp3) is 0.957. The van der Waals surface area contributed by atoms with Crippen molar-refractivity contribution in [3.63, 3.8) is 0 Å². The molecule has 4 aliphatic carbocycles. The van der Waals surface area contributed by atoms with Crippen molar-refractivity contribution in [3.8, 4) is 0 Å². The first-order valence-corrected chi connectivity index (χ1v) is 11.5. The van der Waals surface area contributed by atoms with Crippen LogP contribution in [0.15, 0.2) is 0 Å². The third-order valence-corrected chi connectivity index (χ3v) is 9.96. The topological polar surface area (TPSA) is 90.3 Å². The Labute approximate surface area is 167 Å². The average molecular weight is 393 g/mol. The van der Waals surface area contributed by atoms with Crippen molar-refractivity contribution < 1.29 is 24.9 Å². The number of epoxide rings is 1. The van der Waals surface area contributed by atoms with Gasteiger partial charge in [-0.15, -0.1) is 0 Å². The summed E-state index contributed by atoms with van der Waals surface area (Å²) in [6, 6.07) is 0. The summed E-state index contributed by atoms with van der Waals surface area (Å²) in [7, 11) is 0. The van der Waals surface area contributed by atoms with E-state index in [1.807, 2.05) is 0 Å². The van der Waals surface area contributed by atoms with Gasteiger partial charge in [0.05, 0.1) is 18.3 Å². The maximum Gasteiger partial charge on any atom is 0.303 e. The number of hydrogen-bond donors (Lipinski definition) is 3. The lowest BCUT2D eigenvalue weighted by Gasteiger charge is -2.59. The number of rotatable bonds is 4. The smallest absolute Gasteiger partial charge is 0.303 e. The standard InChI is InChI=1S/C23H36O5/c1-12(3-6-20(26)27)15-4-5-16-21-17(11-19-23(15,16)28-19)22(2)8-7-14(24)9-13(22)10-18(21)25/h12-19,21,24-25H,3-11H2,1-2H3,(H,26,27)/t12-,13+,14-,15-,16+,17+,18-,19+,21+,22+,23+/m1/s1. The molecule has 5 rings (SSSR count). The van der Waals surface area contributed by atoms with Crippen LogP contribution in [-0.2, 0) is 9.53 Å². The molecule has 158 valence electrons. The van der Waals surface area contributed by atoms with Crippen molar-refractivity contribution in [2.45, 2.75) is 95.5 Å². The molecule has 4 saturated carbocycles. The zero-order valence-electron chi connectivity index (χ0n) is 17.2. The van der Waals surface area contributed by atoms with E-state index in [1.165, 1.54) is 0 Å². The summed E-state index contributed by atoms with van der Waals surface area (Å²) < 4.78 is 6.51. The highest BCUT2D eigenvalue weighted by atomic mass is 16.6. The molecule has 1 heterocycles. The van der Waals surface area contributed by atoms with E-state index in [4.69, 9.17) is 9.84 Å². The molecule has 0 aromatic heterocycles. The Kier molecular flexibility index (Phi) is 4.43. The van der Waals surface area contributed by atoms with Gasteiger partial charge >= 0.3 is 5.97 Å². The Morgan fingerprint density at radius 3 is 2.68 bits per heavy atom. The lowest BCUT2D eigenvalue weighted by Crippen LogP contribution is -2.59. The summed E-state index contributed by atoms with van der Waals surface area (Å²) in [4.78, 5) is 11.0. The quantitative estimate of drug-likeness (QED) is 0.639. The van der Waals surface area contributed by atoms with Crippen LogP contribution in [0.1, 0.15) is 71.6 Å². The lowest BCUT2D eigenvalue weighted by molar-refractivity contribution is -0.150. The first-order chi connectivity index (χ1) is 13.3. The van der Waals surface area contributed by atoms with Crippen molar-refractivity contribution in [1.82, 2.24) is 0 Å². The number of carboxylic acids is 1. The molecule has 0 bridgehead atoms. The second-order valence-electron chi connectivity index (χ2n) is 11.0. The molecule has 0 amide bonds. The molecule has 1 aliphatic heterocycles. The summed E-state index contributed by atoms with van der Waals surface area (Å²) in [6.45, 7) is 4.62. The molecule has 1 spiro atoms. The zero-order valence-corrected chi connectivity index (χ0v) is 17.2. The molecule has 3 N–H and O–H groups in total. The number of carbonyl (C=O) groups is 1. The summed E-state index contributed by atoms with van der Waals surface area (Å²) in [5.41, 5.74) is 0.131. The van der Waals surface area contributed by atoms with Crippen LogP contribution in [0.25, 0.3) is 0 Å². The van der Waals surface area contributed by atoms with Gasteiger partial charge in [-0.2, -0.15) is 0 Å². The largest absolute Gasteiger partial charge is 0.481 e. The Morgan fingerprint density at radius 1 is 1.14 bits per heavy atom. The highest BCUT2D eigenvalue weighted by Crippen LogP contribution is 2.72. The highest BCUT2D eigenvalue weighted by molar-refractivity contribution is 5.66. The third kappa shape index (κ3) is 2.58. The molecule has 11 atom stereocenters. The Hall–Kier alpha value is -0.650. The second-order valence-corrected chi connectivity index (χ2v) is 11.0. The molecule has 28 heavy (non-hydrogen) atoms. The van der Waals surface area contributed by atoms with Gasteiger partial charge in [0.2, 0.25) is 0 Å². The van der Waals surface area contributed by atoms with Gasteiger partial charge in [0.1, 0.15) is 5.60 Å². The number of aliphatic hydroxyl groups excluding tert-OH is 2. The van der Waals surface area contributed by atoms with E-state index in [-0.39, 0.29) is 29.6 Å². The van der Waals surface area contributed by atoms with Gasteiger partial charge in [-0.1, -0.05) is 13.8 Å². The molecule has 0 aromatic rings. The molecule has 5 aliphatic rings. The molecule has 1 saturated heterocycles. The monoisotopic (exact) mass is 392 g/mol. The van der Waals surface area contributed by atoms with Crippen molar-refractivity contribution in [2.24, 2.45) is 40.9 Å². The Morgan fingerprint density at radius 2 is 1.93 bits per heavy atom. The predicted octanol–water partition coefficient (Wildman–Crippen LogP) is 3.22. The SMILES string of the molecule is C[C@H](CCC(=O)O)[C@H]1CC[C@H]2[C@@H]3[C@H](O)C[C@@H]4C[C@H](O)CC[C@]4(C)[C@H]3C[C@@H]3O[C@@]312.